The number of nitrogens with two attached hydrogens (primary N) is 1. The zero-order valence-corrected chi connectivity index (χ0v) is 8.71. The molecule has 0 amide bonds. The van der Waals surface area contributed by atoms with E-state index in [0.717, 1.165) is 43.5 Å². The minimum Gasteiger partial charge on any atom is -0.391 e. The molecule has 0 aromatic heterocycles. The van der Waals surface area contributed by atoms with Gasteiger partial charge in [0.15, 0.2) is 0 Å². The Balaban J connectivity index is 3.83. The van der Waals surface area contributed by atoms with Gasteiger partial charge in [-0.2, -0.15) is 0 Å². The Kier molecular flexibility index (Phi) is 6.86. The van der Waals surface area contributed by atoms with E-state index in [2.05, 4.69) is 13.6 Å². The van der Waals surface area contributed by atoms with Crippen molar-refractivity contribution in [3.05, 3.63) is 12.7 Å². The number of likely N-dealkylation sites (N-methyl/N-ethyl adjacent to an activating group) is 1. The van der Waals surface area contributed by atoms with Gasteiger partial charge in [0.05, 0.1) is 26.7 Å². The number of nitrogens with zero attached hydrogens (tertiary/aromatic N) is 1. The van der Waals surface area contributed by atoms with Gasteiger partial charge in [0, 0.05) is 0 Å². The van der Waals surface area contributed by atoms with Crippen LogP contribution in [0.25, 0.3) is 0 Å². The molecular formula is C10H23N2O+. The number of hydrogen-bond donors (Lipinski definition) is 2. The van der Waals surface area contributed by atoms with E-state index in [0.29, 0.717) is 0 Å². The molecule has 0 radical (unpaired) electrons. The zero-order chi connectivity index (χ0) is 10.2. The van der Waals surface area contributed by atoms with Crippen molar-refractivity contribution in [2.75, 3.05) is 39.8 Å². The summed E-state index contributed by atoms with van der Waals surface area (Å²) in [5, 5.41) is 8.91. The molecule has 13 heavy (non-hydrogen) atoms. The summed E-state index contributed by atoms with van der Waals surface area (Å²) in [6, 6.07) is 0. The van der Waals surface area contributed by atoms with Crippen molar-refractivity contribution >= 4 is 0 Å². The lowest BCUT2D eigenvalue weighted by atomic mass is 10.2. The molecule has 1 atom stereocenters. The third kappa shape index (κ3) is 5.80. The minimum atomic E-state index is 0.243. The normalized spacial score (nSPS) is 15.3. The SMILES string of the molecule is C=CC[N+](C)(CCO)CCCCN. The first-order valence-electron chi connectivity index (χ1n) is 4.94. The zero-order valence-electron chi connectivity index (χ0n) is 8.71. The Morgan fingerprint density at radius 2 is 2.08 bits per heavy atom. The van der Waals surface area contributed by atoms with Gasteiger partial charge in [-0.05, 0) is 25.5 Å². The Labute approximate surface area is 81.4 Å². The summed E-state index contributed by atoms with van der Waals surface area (Å²) in [6.07, 6.45) is 4.11. The molecule has 0 aromatic rings. The van der Waals surface area contributed by atoms with E-state index in [1.54, 1.807) is 0 Å². The van der Waals surface area contributed by atoms with Crippen molar-refractivity contribution in [3.63, 3.8) is 0 Å². The second-order valence-corrected chi connectivity index (χ2v) is 3.76. The predicted molar refractivity (Wildman–Crippen MR) is 56.4 cm³/mol. The molecule has 0 fully saturated rings. The average Bonchev–Trinajstić information content (AvgIpc) is 2.05. The maximum atomic E-state index is 8.91. The summed E-state index contributed by atoms with van der Waals surface area (Å²) >= 11 is 0. The van der Waals surface area contributed by atoms with E-state index in [1.165, 1.54) is 0 Å². The fourth-order valence-corrected chi connectivity index (χ4v) is 1.49. The number of hydrogen-bond acceptors (Lipinski definition) is 2. The van der Waals surface area contributed by atoms with Crippen LogP contribution in [0.15, 0.2) is 12.7 Å². The Morgan fingerprint density at radius 3 is 2.54 bits per heavy atom. The van der Waals surface area contributed by atoms with Crippen molar-refractivity contribution in [1.29, 1.82) is 0 Å². The molecule has 0 spiro atoms. The molecule has 0 saturated heterocycles. The molecule has 0 aromatic carbocycles. The van der Waals surface area contributed by atoms with E-state index >= 15 is 0 Å². The van der Waals surface area contributed by atoms with Crippen LogP contribution < -0.4 is 5.73 Å². The first kappa shape index (κ1) is 12.6. The van der Waals surface area contributed by atoms with Crippen molar-refractivity contribution in [3.8, 4) is 0 Å². The van der Waals surface area contributed by atoms with Gasteiger partial charge in [0.2, 0.25) is 0 Å². The maximum Gasteiger partial charge on any atom is 0.102 e. The molecular weight excluding hydrogens is 164 g/mol. The van der Waals surface area contributed by atoms with Crippen LogP contribution in [0.3, 0.4) is 0 Å². The van der Waals surface area contributed by atoms with Crippen molar-refractivity contribution in [1.82, 2.24) is 0 Å². The number of aliphatic hydroxyl groups excluding tert-OH is 1. The van der Waals surface area contributed by atoms with Gasteiger partial charge in [-0.3, -0.25) is 0 Å². The molecule has 1 unspecified atom stereocenters. The monoisotopic (exact) mass is 187 g/mol. The second kappa shape index (κ2) is 7.06. The summed E-state index contributed by atoms with van der Waals surface area (Å²) in [5.74, 6) is 0. The summed E-state index contributed by atoms with van der Waals surface area (Å²) in [5.41, 5.74) is 5.43. The number of quaternary nitrogens is 1. The topological polar surface area (TPSA) is 46.2 Å². The average molecular weight is 187 g/mol. The summed E-state index contributed by atoms with van der Waals surface area (Å²) in [6.45, 7) is 7.53. The van der Waals surface area contributed by atoms with E-state index in [9.17, 15) is 0 Å². The Morgan fingerprint density at radius 1 is 1.38 bits per heavy atom. The molecule has 3 nitrogen and oxygen atoms in total. The first-order chi connectivity index (χ1) is 6.18. The Bertz CT molecular complexity index is 139. The lowest BCUT2D eigenvalue weighted by Crippen LogP contribution is -2.46. The van der Waals surface area contributed by atoms with Crippen LogP contribution in [-0.2, 0) is 0 Å². The van der Waals surface area contributed by atoms with Gasteiger partial charge >= 0.3 is 0 Å². The van der Waals surface area contributed by atoms with Crippen LogP contribution >= 0.6 is 0 Å². The van der Waals surface area contributed by atoms with Gasteiger partial charge in [0.1, 0.15) is 6.54 Å². The van der Waals surface area contributed by atoms with E-state index in [1.807, 2.05) is 6.08 Å². The molecule has 0 saturated carbocycles. The molecule has 0 aliphatic heterocycles. The van der Waals surface area contributed by atoms with Gasteiger partial charge in [-0.25, -0.2) is 0 Å². The van der Waals surface area contributed by atoms with Crippen LogP contribution in [0.5, 0.6) is 0 Å². The summed E-state index contributed by atoms with van der Waals surface area (Å²) in [7, 11) is 2.15. The molecule has 0 aliphatic carbocycles. The van der Waals surface area contributed by atoms with Crippen molar-refractivity contribution in [2.45, 2.75) is 12.8 Å². The maximum absolute atomic E-state index is 8.91. The minimum absolute atomic E-state index is 0.243. The lowest BCUT2D eigenvalue weighted by molar-refractivity contribution is -0.904. The highest BCUT2D eigenvalue weighted by Crippen LogP contribution is 2.04. The van der Waals surface area contributed by atoms with Crippen LogP contribution in [0, 0.1) is 0 Å². The van der Waals surface area contributed by atoms with Crippen molar-refractivity contribution in [2.24, 2.45) is 5.73 Å². The van der Waals surface area contributed by atoms with Gasteiger partial charge in [-0.15, -0.1) is 0 Å². The highest BCUT2D eigenvalue weighted by atomic mass is 16.3. The molecule has 0 heterocycles. The van der Waals surface area contributed by atoms with Gasteiger partial charge in [-0.1, -0.05) is 6.58 Å². The second-order valence-electron chi connectivity index (χ2n) is 3.76. The smallest absolute Gasteiger partial charge is 0.102 e. The molecule has 0 bridgehead atoms. The summed E-state index contributed by atoms with van der Waals surface area (Å²) in [4.78, 5) is 0. The molecule has 3 heteroatoms. The number of unbranched alkanes of at least 4 members (excludes halogenated alkanes) is 1. The van der Waals surface area contributed by atoms with E-state index < -0.39 is 0 Å². The number of rotatable bonds is 8. The molecule has 0 rings (SSSR count). The third-order valence-corrected chi connectivity index (χ3v) is 2.36. The Hall–Kier alpha value is -0.380. The van der Waals surface area contributed by atoms with Crippen LogP contribution in [-0.4, -0.2) is 49.4 Å². The number of aliphatic hydroxyl groups is 1. The lowest BCUT2D eigenvalue weighted by Gasteiger charge is -2.32. The standard InChI is InChI=1S/C10H23N2O/c1-3-7-12(2,9-10-13)8-5-4-6-11/h3,13H,1,4-11H2,2H3/q+1. The summed E-state index contributed by atoms with van der Waals surface area (Å²) < 4.78 is 0.875. The largest absolute Gasteiger partial charge is 0.391 e. The fourth-order valence-electron chi connectivity index (χ4n) is 1.49. The third-order valence-electron chi connectivity index (χ3n) is 2.36. The first-order valence-corrected chi connectivity index (χ1v) is 4.94. The quantitative estimate of drug-likeness (QED) is 0.327. The van der Waals surface area contributed by atoms with Crippen LogP contribution in [0.2, 0.25) is 0 Å². The molecule has 3 N–H and O–H groups in total. The molecule has 0 aliphatic rings. The van der Waals surface area contributed by atoms with Crippen LogP contribution in [0.1, 0.15) is 12.8 Å². The van der Waals surface area contributed by atoms with Crippen LogP contribution in [0.4, 0.5) is 0 Å². The highest BCUT2D eigenvalue weighted by molar-refractivity contribution is 4.65. The predicted octanol–water partition coefficient (Wildman–Crippen LogP) is 0.350. The van der Waals surface area contributed by atoms with Crippen molar-refractivity contribution < 1.29 is 9.59 Å². The highest BCUT2D eigenvalue weighted by Gasteiger charge is 2.17. The van der Waals surface area contributed by atoms with Gasteiger partial charge in [0.25, 0.3) is 0 Å². The van der Waals surface area contributed by atoms with Gasteiger partial charge < -0.3 is 15.3 Å². The molecule has 78 valence electrons. The fraction of sp³-hybridized carbons (Fsp3) is 0.800. The van der Waals surface area contributed by atoms with E-state index in [4.69, 9.17) is 10.8 Å². The van der Waals surface area contributed by atoms with E-state index in [-0.39, 0.29) is 6.61 Å².